The van der Waals surface area contributed by atoms with Gasteiger partial charge in [-0.2, -0.15) is 0 Å². The fraction of sp³-hybridized carbons (Fsp3) is 0.583. The molecular formula is C12H19N5O2. The molecule has 0 atom stereocenters. The van der Waals surface area contributed by atoms with Crippen LogP contribution >= 0.6 is 0 Å². The van der Waals surface area contributed by atoms with E-state index in [-0.39, 0.29) is 5.82 Å². The van der Waals surface area contributed by atoms with Gasteiger partial charge in [-0.3, -0.25) is 0 Å². The van der Waals surface area contributed by atoms with Gasteiger partial charge in [0.25, 0.3) is 0 Å². The van der Waals surface area contributed by atoms with Gasteiger partial charge in [-0.1, -0.05) is 0 Å². The van der Waals surface area contributed by atoms with Crippen molar-refractivity contribution >= 4 is 11.5 Å². The Labute approximate surface area is 112 Å². The maximum absolute atomic E-state index is 10.5. The maximum Gasteiger partial charge on any atom is 0.363 e. The second-order valence-electron chi connectivity index (χ2n) is 4.53. The fourth-order valence-corrected chi connectivity index (χ4v) is 2.07. The summed E-state index contributed by atoms with van der Waals surface area (Å²) in [5.74, 6) is -0.119. The van der Waals surface area contributed by atoms with Gasteiger partial charge in [0.15, 0.2) is 6.20 Å². The van der Waals surface area contributed by atoms with Crippen LogP contribution in [0.4, 0.5) is 11.5 Å². The van der Waals surface area contributed by atoms with E-state index in [1.54, 1.807) is 6.07 Å². The molecule has 1 saturated heterocycles. The SMILES string of the molecule is O=[N+]([O-])c1ccc(NCCCN2CCNCC2)cn1. The number of piperazine rings is 1. The zero-order valence-electron chi connectivity index (χ0n) is 10.8. The first kappa shape index (κ1) is 13.7. The van der Waals surface area contributed by atoms with Crippen molar-refractivity contribution in [3.8, 4) is 0 Å². The van der Waals surface area contributed by atoms with Gasteiger partial charge in [-0.05, 0) is 28.9 Å². The molecule has 0 aromatic carbocycles. The van der Waals surface area contributed by atoms with Crippen LogP contribution in [0.15, 0.2) is 18.3 Å². The average Bonchev–Trinajstić information content (AvgIpc) is 2.45. The van der Waals surface area contributed by atoms with Gasteiger partial charge in [0.05, 0.1) is 5.69 Å². The van der Waals surface area contributed by atoms with E-state index in [2.05, 4.69) is 20.5 Å². The quantitative estimate of drug-likeness (QED) is 0.447. The molecule has 104 valence electrons. The molecule has 0 amide bonds. The topological polar surface area (TPSA) is 83.3 Å². The molecule has 1 aliphatic rings. The maximum atomic E-state index is 10.5. The van der Waals surface area contributed by atoms with Gasteiger partial charge in [0, 0.05) is 38.8 Å². The minimum Gasteiger partial charge on any atom is -0.382 e. The van der Waals surface area contributed by atoms with E-state index in [9.17, 15) is 10.1 Å². The van der Waals surface area contributed by atoms with Crippen LogP contribution in [0.1, 0.15) is 6.42 Å². The number of nitrogens with one attached hydrogen (secondary N) is 2. The Kier molecular flexibility index (Phi) is 5.05. The Hall–Kier alpha value is -1.73. The Balaban J connectivity index is 1.66. The third kappa shape index (κ3) is 4.46. The molecule has 1 aromatic heterocycles. The predicted molar refractivity (Wildman–Crippen MR) is 73.3 cm³/mol. The molecular weight excluding hydrogens is 246 g/mol. The van der Waals surface area contributed by atoms with Crippen LogP contribution in [0.5, 0.6) is 0 Å². The number of pyridine rings is 1. The van der Waals surface area contributed by atoms with Crippen LogP contribution in [0.25, 0.3) is 0 Å². The predicted octanol–water partition coefficient (Wildman–Crippen LogP) is 0.697. The third-order valence-corrected chi connectivity index (χ3v) is 3.12. The van der Waals surface area contributed by atoms with Crippen LogP contribution in [-0.4, -0.2) is 54.1 Å². The Morgan fingerprint density at radius 1 is 1.42 bits per heavy atom. The molecule has 0 aliphatic carbocycles. The highest BCUT2D eigenvalue weighted by molar-refractivity contribution is 5.43. The first-order chi connectivity index (χ1) is 9.25. The zero-order chi connectivity index (χ0) is 13.5. The molecule has 0 unspecified atom stereocenters. The molecule has 2 heterocycles. The number of anilines is 1. The summed E-state index contributed by atoms with van der Waals surface area (Å²) < 4.78 is 0. The summed E-state index contributed by atoms with van der Waals surface area (Å²) in [6, 6.07) is 3.11. The zero-order valence-corrected chi connectivity index (χ0v) is 10.8. The number of hydrogen-bond acceptors (Lipinski definition) is 6. The highest BCUT2D eigenvalue weighted by Gasteiger charge is 2.09. The van der Waals surface area contributed by atoms with E-state index in [0.29, 0.717) is 0 Å². The largest absolute Gasteiger partial charge is 0.382 e. The molecule has 0 radical (unpaired) electrons. The van der Waals surface area contributed by atoms with Gasteiger partial charge in [-0.25, -0.2) is 0 Å². The molecule has 0 saturated carbocycles. The number of aromatic nitrogens is 1. The number of hydrogen-bond donors (Lipinski definition) is 2. The van der Waals surface area contributed by atoms with Crippen molar-refractivity contribution in [1.29, 1.82) is 0 Å². The summed E-state index contributed by atoms with van der Waals surface area (Å²) in [4.78, 5) is 16.2. The van der Waals surface area contributed by atoms with E-state index in [1.165, 1.54) is 12.3 Å². The van der Waals surface area contributed by atoms with Crippen molar-refractivity contribution in [3.05, 3.63) is 28.4 Å². The molecule has 7 heteroatoms. The molecule has 7 nitrogen and oxygen atoms in total. The monoisotopic (exact) mass is 265 g/mol. The van der Waals surface area contributed by atoms with Crippen LogP contribution in [0.2, 0.25) is 0 Å². The molecule has 1 fully saturated rings. The molecule has 0 spiro atoms. The lowest BCUT2D eigenvalue weighted by Gasteiger charge is -2.27. The van der Waals surface area contributed by atoms with E-state index in [0.717, 1.165) is 51.4 Å². The summed E-state index contributed by atoms with van der Waals surface area (Å²) in [5.41, 5.74) is 0.825. The first-order valence-electron chi connectivity index (χ1n) is 6.53. The number of nitrogens with zero attached hydrogens (tertiary/aromatic N) is 3. The first-order valence-corrected chi connectivity index (χ1v) is 6.53. The smallest absolute Gasteiger partial charge is 0.363 e. The van der Waals surface area contributed by atoms with Crippen LogP contribution in [-0.2, 0) is 0 Å². The van der Waals surface area contributed by atoms with Crippen LogP contribution in [0, 0.1) is 10.1 Å². The lowest BCUT2D eigenvalue weighted by atomic mass is 10.3. The summed E-state index contributed by atoms with van der Waals surface area (Å²) in [5, 5.41) is 17.0. The molecule has 1 aliphatic heterocycles. The van der Waals surface area contributed by atoms with Crippen molar-refractivity contribution in [2.45, 2.75) is 6.42 Å². The van der Waals surface area contributed by atoms with Crippen molar-refractivity contribution in [1.82, 2.24) is 15.2 Å². The van der Waals surface area contributed by atoms with Crippen LogP contribution in [0.3, 0.4) is 0 Å². The molecule has 0 bridgehead atoms. The minimum absolute atomic E-state index is 0.119. The lowest BCUT2D eigenvalue weighted by molar-refractivity contribution is -0.389. The van der Waals surface area contributed by atoms with Gasteiger partial charge < -0.3 is 25.6 Å². The Bertz CT molecular complexity index is 403. The summed E-state index contributed by atoms with van der Waals surface area (Å²) in [7, 11) is 0. The van der Waals surface area contributed by atoms with Crippen molar-refractivity contribution < 1.29 is 4.92 Å². The van der Waals surface area contributed by atoms with Gasteiger partial charge in [-0.15, -0.1) is 0 Å². The van der Waals surface area contributed by atoms with E-state index < -0.39 is 4.92 Å². The number of nitro groups is 1. The summed E-state index contributed by atoms with van der Waals surface area (Å²) in [6.45, 7) is 6.29. The van der Waals surface area contributed by atoms with E-state index >= 15 is 0 Å². The second kappa shape index (κ2) is 7.01. The summed E-state index contributed by atoms with van der Waals surface area (Å²) >= 11 is 0. The van der Waals surface area contributed by atoms with Crippen molar-refractivity contribution in [2.24, 2.45) is 0 Å². The fourth-order valence-electron chi connectivity index (χ4n) is 2.07. The van der Waals surface area contributed by atoms with Crippen LogP contribution < -0.4 is 10.6 Å². The third-order valence-electron chi connectivity index (χ3n) is 3.12. The standard InChI is InChI=1S/C12H19N5O2/c18-17(19)12-3-2-11(10-15-12)14-4-1-7-16-8-5-13-6-9-16/h2-3,10,13-14H,1,4-9H2. The van der Waals surface area contributed by atoms with E-state index in [4.69, 9.17) is 0 Å². The second-order valence-corrected chi connectivity index (χ2v) is 4.53. The van der Waals surface area contributed by atoms with Gasteiger partial charge in [0.1, 0.15) is 0 Å². The normalized spacial score (nSPS) is 16.2. The Morgan fingerprint density at radius 2 is 2.21 bits per heavy atom. The minimum atomic E-state index is -0.492. The van der Waals surface area contributed by atoms with Gasteiger partial charge in [0.2, 0.25) is 0 Å². The van der Waals surface area contributed by atoms with Crippen molar-refractivity contribution in [3.63, 3.8) is 0 Å². The average molecular weight is 265 g/mol. The molecule has 19 heavy (non-hydrogen) atoms. The Morgan fingerprint density at radius 3 is 2.84 bits per heavy atom. The molecule has 1 aromatic rings. The molecule has 2 N–H and O–H groups in total. The highest BCUT2D eigenvalue weighted by Crippen LogP contribution is 2.11. The van der Waals surface area contributed by atoms with Crippen molar-refractivity contribution in [2.75, 3.05) is 44.6 Å². The number of rotatable bonds is 6. The van der Waals surface area contributed by atoms with Gasteiger partial charge >= 0.3 is 5.82 Å². The molecule has 2 rings (SSSR count). The highest BCUT2D eigenvalue weighted by atomic mass is 16.6. The van der Waals surface area contributed by atoms with E-state index in [1.807, 2.05) is 0 Å². The summed E-state index contributed by atoms with van der Waals surface area (Å²) in [6.07, 6.45) is 2.56. The lowest BCUT2D eigenvalue weighted by Crippen LogP contribution is -2.44.